The molecule has 2 heteroatoms. The monoisotopic (exact) mass is 201 g/mol. The van der Waals surface area contributed by atoms with Gasteiger partial charge < -0.3 is 9.67 Å². The fourth-order valence-electron chi connectivity index (χ4n) is 2.20. The number of fused-ring (bicyclic) bond motifs is 1. The average molecular weight is 201 g/mol. The van der Waals surface area contributed by atoms with Crippen molar-refractivity contribution in [3.8, 4) is 0 Å². The molecule has 78 valence electrons. The summed E-state index contributed by atoms with van der Waals surface area (Å²) in [6.45, 7) is 0. The Morgan fingerprint density at radius 2 is 2.13 bits per heavy atom. The van der Waals surface area contributed by atoms with E-state index >= 15 is 0 Å². The third kappa shape index (κ3) is 1.45. The highest BCUT2D eigenvalue weighted by Crippen LogP contribution is 2.39. The fraction of sp³-hybridized carbons (Fsp3) is 0.385. The first-order chi connectivity index (χ1) is 7.18. The fourth-order valence-corrected chi connectivity index (χ4v) is 2.20. The smallest absolute Gasteiger partial charge is 0.0690 e. The zero-order valence-corrected chi connectivity index (χ0v) is 8.90. The third-order valence-corrected chi connectivity index (χ3v) is 3.36. The normalized spacial score (nSPS) is 18.3. The van der Waals surface area contributed by atoms with E-state index in [0.717, 1.165) is 19.3 Å². The Morgan fingerprint density at radius 1 is 1.33 bits per heavy atom. The number of aryl methyl sites for hydroxylation is 1. The van der Waals surface area contributed by atoms with Crippen LogP contribution in [0, 0.1) is 0 Å². The van der Waals surface area contributed by atoms with E-state index in [1.807, 2.05) is 0 Å². The van der Waals surface area contributed by atoms with Crippen LogP contribution in [-0.2, 0) is 13.5 Å². The second-order valence-corrected chi connectivity index (χ2v) is 4.68. The third-order valence-electron chi connectivity index (χ3n) is 3.36. The molecule has 0 saturated heterocycles. The van der Waals surface area contributed by atoms with Gasteiger partial charge in [0.1, 0.15) is 0 Å². The Bertz CT molecular complexity index is 508. The Kier molecular flexibility index (Phi) is 1.71. The van der Waals surface area contributed by atoms with Gasteiger partial charge in [0.15, 0.2) is 0 Å². The standard InChI is InChI=1S/C13H15NO/c1-14-8-5-11-10(3-2-4-12(11)14)9-13(15)6-7-13/h2-5,8,15H,6-7,9H2,1H3. The first-order valence-corrected chi connectivity index (χ1v) is 5.43. The zero-order valence-electron chi connectivity index (χ0n) is 8.90. The highest BCUT2D eigenvalue weighted by Gasteiger charge is 2.40. The summed E-state index contributed by atoms with van der Waals surface area (Å²) in [4.78, 5) is 0. The maximum absolute atomic E-state index is 9.94. The summed E-state index contributed by atoms with van der Waals surface area (Å²) < 4.78 is 2.12. The molecular weight excluding hydrogens is 186 g/mol. The summed E-state index contributed by atoms with van der Waals surface area (Å²) in [6.07, 6.45) is 4.78. The molecule has 1 saturated carbocycles. The lowest BCUT2D eigenvalue weighted by Crippen LogP contribution is -2.10. The first-order valence-electron chi connectivity index (χ1n) is 5.43. The van der Waals surface area contributed by atoms with E-state index in [1.165, 1.54) is 16.5 Å². The molecule has 0 amide bonds. The van der Waals surface area contributed by atoms with Crippen molar-refractivity contribution in [3.63, 3.8) is 0 Å². The van der Waals surface area contributed by atoms with Crippen molar-refractivity contribution >= 4 is 10.9 Å². The zero-order chi connectivity index (χ0) is 10.5. The Labute approximate surface area is 89.1 Å². The molecule has 1 aromatic carbocycles. The van der Waals surface area contributed by atoms with E-state index in [1.54, 1.807) is 0 Å². The molecule has 2 aromatic rings. The van der Waals surface area contributed by atoms with Gasteiger partial charge in [-0.2, -0.15) is 0 Å². The van der Waals surface area contributed by atoms with Crippen LogP contribution in [0.3, 0.4) is 0 Å². The molecule has 1 aliphatic carbocycles. The van der Waals surface area contributed by atoms with E-state index in [-0.39, 0.29) is 0 Å². The van der Waals surface area contributed by atoms with Crippen molar-refractivity contribution in [3.05, 3.63) is 36.0 Å². The van der Waals surface area contributed by atoms with Crippen LogP contribution >= 0.6 is 0 Å². The minimum Gasteiger partial charge on any atom is -0.390 e. The molecule has 15 heavy (non-hydrogen) atoms. The average Bonchev–Trinajstić information content (AvgIpc) is 2.81. The summed E-state index contributed by atoms with van der Waals surface area (Å²) in [5, 5.41) is 11.2. The van der Waals surface area contributed by atoms with E-state index in [2.05, 4.69) is 42.1 Å². The SMILES string of the molecule is Cn1ccc2c(CC3(O)CC3)cccc21. The highest BCUT2D eigenvalue weighted by molar-refractivity contribution is 5.83. The molecular formula is C13H15NO. The minimum atomic E-state index is -0.399. The lowest BCUT2D eigenvalue weighted by atomic mass is 10.0. The predicted octanol–water partition coefficient (Wildman–Crippen LogP) is 2.25. The van der Waals surface area contributed by atoms with Gasteiger partial charge in [0.25, 0.3) is 0 Å². The Balaban J connectivity index is 2.09. The predicted molar refractivity (Wildman–Crippen MR) is 60.8 cm³/mol. The lowest BCUT2D eigenvalue weighted by molar-refractivity contribution is 0.151. The Hall–Kier alpha value is -1.28. The molecule has 0 spiro atoms. The van der Waals surface area contributed by atoms with E-state index < -0.39 is 5.60 Å². The highest BCUT2D eigenvalue weighted by atomic mass is 16.3. The van der Waals surface area contributed by atoms with Crippen LogP contribution in [0.15, 0.2) is 30.5 Å². The quantitative estimate of drug-likeness (QED) is 0.792. The summed E-state index contributed by atoms with van der Waals surface area (Å²) in [5.41, 5.74) is 2.12. The van der Waals surface area contributed by atoms with Gasteiger partial charge in [0.2, 0.25) is 0 Å². The molecule has 0 unspecified atom stereocenters. The molecule has 1 aromatic heterocycles. The summed E-state index contributed by atoms with van der Waals surface area (Å²) in [7, 11) is 2.05. The van der Waals surface area contributed by atoms with Crippen LogP contribution in [0.4, 0.5) is 0 Å². The topological polar surface area (TPSA) is 25.2 Å². The van der Waals surface area contributed by atoms with Crippen molar-refractivity contribution < 1.29 is 5.11 Å². The maximum Gasteiger partial charge on any atom is 0.0690 e. The van der Waals surface area contributed by atoms with Crippen LogP contribution in [0.2, 0.25) is 0 Å². The molecule has 0 aliphatic heterocycles. The van der Waals surface area contributed by atoms with Gasteiger partial charge in [0.05, 0.1) is 5.60 Å². The summed E-state index contributed by atoms with van der Waals surface area (Å²) in [5.74, 6) is 0. The number of nitrogens with zero attached hydrogens (tertiary/aromatic N) is 1. The molecule has 1 N–H and O–H groups in total. The Morgan fingerprint density at radius 3 is 2.87 bits per heavy atom. The van der Waals surface area contributed by atoms with Crippen LogP contribution in [0.25, 0.3) is 10.9 Å². The van der Waals surface area contributed by atoms with Gasteiger partial charge in [-0.15, -0.1) is 0 Å². The van der Waals surface area contributed by atoms with E-state index in [4.69, 9.17) is 0 Å². The van der Waals surface area contributed by atoms with Gasteiger partial charge in [-0.3, -0.25) is 0 Å². The molecule has 1 heterocycles. The molecule has 1 aliphatic rings. The number of rotatable bonds is 2. The van der Waals surface area contributed by atoms with Crippen molar-refractivity contribution in [2.45, 2.75) is 24.9 Å². The number of aliphatic hydroxyl groups is 1. The molecule has 3 rings (SSSR count). The van der Waals surface area contributed by atoms with Crippen LogP contribution < -0.4 is 0 Å². The largest absolute Gasteiger partial charge is 0.390 e. The maximum atomic E-state index is 9.94. The first kappa shape index (κ1) is 8.98. The van der Waals surface area contributed by atoms with Gasteiger partial charge in [0, 0.05) is 30.6 Å². The number of hydrogen-bond donors (Lipinski definition) is 1. The second kappa shape index (κ2) is 2.86. The van der Waals surface area contributed by atoms with Crippen LogP contribution in [-0.4, -0.2) is 15.3 Å². The molecule has 0 radical (unpaired) electrons. The summed E-state index contributed by atoms with van der Waals surface area (Å²) >= 11 is 0. The van der Waals surface area contributed by atoms with E-state index in [9.17, 15) is 5.11 Å². The number of aromatic nitrogens is 1. The van der Waals surface area contributed by atoms with Gasteiger partial charge >= 0.3 is 0 Å². The van der Waals surface area contributed by atoms with Gasteiger partial charge in [-0.25, -0.2) is 0 Å². The van der Waals surface area contributed by atoms with E-state index in [0.29, 0.717) is 0 Å². The molecule has 0 bridgehead atoms. The van der Waals surface area contributed by atoms with Crippen LogP contribution in [0.5, 0.6) is 0 Å². The van der Waals surface area contributed by atoms with Crippen LogP contribution in [0.1, 0.15) is 18.4 Å². The summed E-state index contributed by atoms with van der Waals surface area (Å²) in [6, 6.07) is 8.45. The van der Waals surface area contributed by atoms with Crippen molar-refractivity contribution in [1.82, 2.24) is 4.57 Å². The molecule has 1 fully saturated rings. The second-order valence-electron chi connectivity index (χ2n) is 4.68. The van der Waals surface area contributed by atoms with Gasteiger partial charge in [-0.1, -0.05) is 12.1 Å². The van der Waals surface area contributed by atoms with Gasteiger partial charge in [-0.05, 0) is 30.5 Å². The molecule has 0 atom stereocenters. The van der Waals surface area contributed by atoms with Crippen molar-refractivity contribution in [1.29, 1.82) is 0 Å². The van der Waals surface area contributed by atoms with Crippen molar-refractivity contribution in [2.24, 2.45) is 7.05 Å². The van der Waals surface area contributed by atoms with Crippen molar-refractivity contribution in [2.75, 3.05) is 0 Å². The minimum absolute atomic E-state index is 0.399. The number of benzene rings is 1. The number of hydrogen-bond acceptors (Lipinski definition) is 1. The lowest BCUT2D eigenvalue weighted by Gasteiger charge is -2.08. The molecule has 2 nitrogen and oxygen atoms in total.